The molecule has 0 aliphatic rings. The van der Waals surface area contributed by atoms with Crippen molar-refractivity contribution in [1.29, 1.82) is 0 Å². The third kappa shape index (κ3) is 4.09. The van der Waals surface area contributed by atoms with Crippen LogP contribution in [0.5, 0.6) is 5.75 Å². The SMILES string of the molecule is COC(=O)c1ccc(Br)c(OCC(F)(F)C(F)F)c1. The third-order valence-electron chi connectivity index (χ3n) is 2.09. The molecule has 0 atom stereocenters. The van der Waals surface area contributed by atoms with E-state index in [9.17, 15) is 22.4 Å². The molecule has 0 spiro atoms. The third-order valence-corrected chi connectivity index (χ3v) is 2.75. The van der Waals surface area contributed by atoms with Crippen molar-refractivity contribution in [1.82, 2.24) is 0 Å². The number of hydrogen-bond acceptors (Lipinski definition) is 3. The summed E-state index contributed by atoms with van der Waals surface area (Å²) in [6.07, 6.45) is -3.82. The Morgan fingerprint density at radius 2 is 2.05 bits per heavy atom. The van der Waals surface area contributed by atoms with Gasteiger partial charge in [0.15, 0.2) is 6.61 Å². The number of rotatable bonds is 5. The Kier molecular flexibility index (Phi) is 5.16. The summed E-state index contributed by atoms with van der Waals surface area (Å²) in [7, 11) is 1.15. The van der Waals surface area contributed by atoms with Crippen LogP contribution in [0.25, 0.3) is 0 Å². The van der Waals surface area contributed by atoms with Gasteiger partial charge in [0, 0.05) is 0 Å². The van der Waals surface area contributed by atoms with Crippen LogP contribution in [0.3, 0.4) is 0 Å². The van der Waals surface area contributed by atoms with Crippen LogP contribution in [0, 0.1) is 0 Å². The smallest absolute Gasteiger partial charge is 0.340 e. The molecule has 1 aromatic carbocycles. The van der Waals surface area contributed by atoms with E-state index in [2.05, 4.69) is 25.4 Å². The zero-order valence-electron chi connectivity index (χ0n) is 9.63. The molecule has 0 radical (unpaired) electrons. The molecule has 0 fully saturated rings. The van der Waals surface area contributed by atoms with Crippen LogP contribution in [0.4, 0.5) is 17.6 Å². The molecule has 0 amide bonds. The normalized spacial score (nSPS) is 11.5. The summed E-state index contributed by atoms with van der Waals surface area (Å²) in [6, 6.07) is 3.85. The average molecular weight is 345 g/mol. The Bertz CT molecular complexity index is 465. The highest BCUT2D eigenvalue weighted by molar-refractivity contribution is 9.10. The number of halogens is 5. The Hall–Kier alpha value is -1.31. The van der Waals surface area contributed by atoms with Crippen LogP contribution in [0.2, 0.25) is 0 Å². The molecule has 0 N–H and O–H groups in total. The standard InChI is InChI=1S/C11H9BrF4O3/c1-18-9(17)6-2-3-7(12)8(4-6)19-5-11(15,16)10(13)14/h2-4,10H,5H2,1H3. The molecule has 106 valence electrons. The second-order valence-electron chi connectivity index (χ2n) is 3.49. The van der Waals surface area contributed by atoms with E-state index in [0.717, 1.165) is 13.2 Å². The van der Waals surface area contributed by atoms with Crippen molar-refractivity contribution in [2.45, 2.75) is 12.3 Å². The molecule has 1 aromatic rings. The zero-order valence-corrected chi connectivity index (χ0v) is 11.2. The molecule has 0 heterocycles. The van der Waals surface area contributed by atoms with Crippen molar-refractivity contribution >= 4 is 21.9 Å². The second-order valence-corrected chi connectivity index (χ2v) is 4.34. The Morgan fingerprint density at radius 3 is 2.58 bits per heavy atom. The van der Waals surface area contributed by atoms with E-state index in [-0.39, 0.29) is 15.8 Å². The van der Waals surface area contributed by atoms with Crippen molar-refractivity contribution in [2.75, 3.05) is 13.7 Å². The minimum absolute atomic E-state index is 0.0565. The van der Waals surface area contributed by atoms with Crippen molar-refractivity contribution in [3.05, 3.63) is 28.2 Å². The van der Waals surface area contributed by atoms with Crippen molar-refractivity contribution < 1.29 is 31.8 Å². The van der Waals surface area contributed by atoms with E-state index in [0.29, 0.717) is 0 Å². The highest BCUT2D eigenvalue weighted by Crippen LogP contribution is 2.29. The number of alkyl halides is 4. The summed E-state index contributed by atoms with van der Waals surface area (Å²) in [5, 5.41) is 0. The molecule has 0 aliphatic heterocycles. The van der Waals surface area contributed by atoms with E-state index < -0.39 is 24.9 Å². The lowest BCUT2D eigenvalue weighted by molar-refractivity contribution is -0.148. The number of carbonyl (C=O) groups excluding carboxylic acids is 1. The lowest BCUT2D eigenvalue weighted by atomic mass is 10.2. The van der Waals surface area contributed by atoms with E-state index in [1.165, 1.54) is 12.1 Å². The first-order valence-corrected chi connectivity index (χ1v) is 5.74. The molecule has 8 heteroatoms. The lowest BCUT2D eigenvalue weighted by Gasteiger charge is -2.17. The molecule has 0 aromatic heterocycles. The molecule has 0 aliphatic carbocycles. The van der Waals surface area contributed by atoms with Gasteiger partial charge in [-0.1, -0.05) is 0 Å². The highest BCUT2D eigenvalue weighted by Gasteiger charge is 2.41. The molecule has 0 bridgehead atoms. The van der Waals surface area contributed by atoms with Gasteiger partial charge in [0.1, 0.15) is 5.75 Å². The van der Waals surface area contributed by atoms with Gasteiger partial charge in [-0.15, -0.1) is 0 Å². The van der Waals surface area contributed by atoms with E-state index >= 15 is 0 Å². The topological polar surface area (TPSA) is 35.5 Å². The van der Waals surface area contributed by atoms with Gasteiger partial charge in [-0.25, -0.2) is 13.6 Å². The highest BCUT2D eigenvalue weighted by atomic mass is 79.9. The maximum atomic E-state index is 12.7. The number of carbonyl (C=O) groups is 1. The second kappa shape index (κ2) is 6.23. The largest absolute Gasteiger partial charge is 0.486 e. The van der Waals surface area contributed by atoms with Gasteiger partial charge < -0.3 is 9.47 Å². The molecule has 0 unspecified atom stereocenters. The lowest BCUT2D eigenvalue weighted by Crippen LogP contribution is -2.33. The van der Waals surface area contributed by atoms with Crippen LogP contribution < -0.4 is 4.74 Å². The summed E-state index contributed by atoms with van der Waals surface area (Å²) in [6.45, 7) is -1.49. The van der Waals surface area contributed by atoms with Gasteiger partial charge in [0.2, 0.25) is 0 Å². The first-order valence-electron chi connectivity index (χ1n) is 4.94. The fourth-order valence-corrected chi connectivity index (χ4v) is 1.46. The number of methoxy groups -OCH3 is 1. The summed E-state index contributed by atoms with van der Waals surface area (Å²) >= 11 is 3.00. The predicted octanol–water partition coefficient (Wildman–Crippen LogP) is 3.51. The van der Waals surface area contributed by atoms with Crippen molar-refractivity contribution in [3.8, 4) is 5.75 Å². The molecule has 1 rings (SSSR count). The number of benzene rings is 1. The molecular formula is C11H9BrF4O3. The minimum Gasteiger partial charge on any atom is -0.486 e. The van der Waals surface area contributed by atoms with Gasteiger partial charge in [0.05, 0.1) is 17.1 Å². The maximum Gasteiger partial charge on any atom is 0.340 e. The van der Waals surface area contributed by atoms with Crippen LogP contribution in [0.1, 0.15) is 10.4 Å². The van der Waals surface area contributed by atoms with Crippen LogP contribution in [0.15, 0.2) is 22.7 Å². The fourth-order valence-electron chi connectivity index (χ4n) is 1.10. The minimum atomic E-state index is -4.26. The fraction of sp³-hybridized carbons (Fsp3) is 0.364. The molecule has 3 nitrogen and oxygen atoms in total. The molecule has 19 heavy (non-hydrogen) atoms. The summed E-state index contributed by atoms with van der Waals surface area (Å²) in [5.41, 5.74) is 0.0565. The Labute approximate surface area is 114 Å². The zero-order chi connectivity index (χ0) is 14.6. The summed E-state index contributed by atoms with van der Waals surface area (Å²) in [5.74, 6) is -5.11. The van der Waals surface area contributed by atoms with Gasteiger partial charge >= 0.3 is 18.3 Å². The number of hydrogen-bond donors (Lipinski definition) is 0. The monoisotopic (exact) mass is 344 g/mol. The van der Waals surface area contributed by atoms with E-state index in [1.807, 2.05) is 0 Å². The van der Waals surface area contributed by atoms with Gasteiger partial charge in [0.25, 0.3) is 0 Å². The first kappa shape index (κ1) is 15.7. The number of ether oxygens (including phenoxy) is 2. The molecular weight excluding hydrogens is 336 g/mol. The van der Waals surface area contributed by atoms with Crippen LogP contribution in [-0.2, 0) is 4.74 Å². The van der Waals surface area contributed by atoms with Crippen LogP contribution in [-0.4, -0.2) is 32.0 Å². The van der Waals surface area contributed by atoms with Gasteiger partial charge in [-0.2, -0.15) is 8.78 Å². The average Bonchev–Trinajstić information content (AvgIpc) is 2.36. The maximum absolute atomic E-state index is 12.7. The molecule has 0 saturated carbocycles. The van der Waals surface area contributed by atoms with E-state index in [1.54, 1.807) is 0 Å². The van der Waals surface area contributed by atoms with Crippen LogP contribution >= 0.6 is 15.9 Å². The summed E-state index contributed by atoms with van der Waals surface area (Å²) < 4.78 is 58.6. The quantitative estimate of drug-likeness (QED) is 0.605. The van der Waals surface area contributed by atoms with Gasteiger partial charge in [-0.3, -0.25) is 0 Å². The number of esters is 1. The first-order chi connectivity index (χ1) is 8.77. The summed E-state index contributed by atoms with van der Waals surface area (Å²) in [4.78, 5) is 11.2. The Morgan fingerprint density at radius 1 is 1.42 bits per heavy atom. The van der Waals surface area contributed by atoms with Crippen molar-refractivity contribution in [2.24, 2.45) is 0 Å². The van der Waals surface area contributed by atoms with Crippen molar-refractivity contribution in [3.63, 3.8) is 0 Å². The predicted molar refractivity (Wildman–Crippen MR) is 61.9 cm³/mol. The molecule has 0 saturated heterocycles. The Balaban J connectivity index is 2.86. The van der Waals surface area contributed by atoms with E-state index in [4.69, 9.17) is 0 Å². The van der Waals surface area contributed by atoms with Gasteiger partial charge in [-0.05, 0) is 34.1 Å².